The van der Waals surface area contributed by atoms with E-state index in [0.29, 0.717) is 32.1 Å². The van der Waals surface area contributed by atoms with Crippen LogP contribution in [0.1, 0.15) is 45.4 Å². The Morgan fingerprint density at radius 3 is 2.15 bits per heavy atom. The molecule has 1 heterocycles. The number of amides is 2. The molecule has 1 aromatic carbocycles. The van der Waals surface area contributed by atoms with Crippen LogP contribution in [0, 0.1) is 23.2 Å². The summed E-state index contributed by atoms with van der Waals surface area (Å²) in [5.41, 5.74) is 0.0965. The van der Waals surface area contributed by atoms with Gasteiger partial charge in [-0.25, -0.2) is 0 Å². The van der Waals surface area contributed by atoms with Gasteiger partial charge in [0.25, 0.3) is 0 Å². The average molecular weight is 462 g/mol. The van der Waals surface area contributed by atoms with Gasteiger partial charge < -0.3 is 15.0 Å². The first kappa shape index (κ1) is 22.6. The van der Waals surface area contributed by atoms with Crippen molar-refractivity contribution in [2.75, 3.05) is 31.5 Å². The fourth-order valence-corrected chi connectivity index (χ4v) is 7.19. The molecule has 2 amide bonds. The van der Waals surface area contributed by atoms with E-state index in [1.54, 1.807) is 18.2 Å². The number of carbonyl (C=O) groups is 2. The second-order valence-electron chi connectivity index (χ2n) is 10.6. The molecule has 1 unspecified atom stereocenters. The molecule has 33 heavy (non-hydrogen) atoms. The Bertz CT molecular complexity index is 865. The summed E-state index contributed by atoms with van der Waals surface area (Å²) in [6.45, 7) is 1.36. The van der Waals surface area contributed by atoms with Crippen molar-refractivity contribution in [2.24, 2.45) is 23.2 Å². The number of ether oxygens (including phenoxy) is 1. The van der Waals surface area contributed by atoms with Crippen LogP contribution in [0.4, 0.5) is 14.5 Å². The van der Waals surface area contributed by atoms with Crippen LogP contribution in [-0.2, 0) is 9.59 Å². The molecule has 1 aromatic rings. The number of anilines is 1. The van der Waals surface area contributed by atoms with E-state index in [-0.39, 0.29) is 22.8 Å². The van der Waals surface area contributed by atoms with Gasteiger partial charge in [0, 0.05) is 26.2 Å². The van der Waals surface area contributed by atoms with Crippen molar-refractivity contribution in [3.05, 3.63) is 24.3 Å². The molecule has 0 radical (unpaired) electrons. The minimum absolute atomic E-state index is 0.0564. The summed E-state index contributed by atoms with van der Waals surface area (Å²) in [6.07, 6.45) is 7.15. The Balaban J connectivity index is 1.17. The molecule has 1 N–H and O–H groups in total. The largest absolute Gasteiger partial charge is 0.433 e. The maximum absolute atomic E-state index is 13.6. The van der Waals surface area contributed by atoms with Gasteiger partial charge >= 0.3 is 6.61 Å². The molecule has 1 atom stereocenters. The molecule has 4 saturated carbocycles. The van der Waals surface area contributed by atoms with Crippen LogP contribution in [-0.4, -0.2) is 60.4 Å². The third kappa shape index (κ3) is 4.46. The van der Waals surface area contributed by atoms with E-state index in [2.05, 4.69) is 15.0 Å². The molecule has 4 bridgehead atoms. The highest BCUT2D eigenvalue weighted by atomic mass is 19.3. The minimum atomic E-state index is -2.96. The Morgan fingerprint density at radius 2 is 1.58 bits per heavy atom. The zero-order valence-electron chi connectivity index (χ0n) is 19.1. The molecule has 8 heteroatoms. The van der Waals surface area contributed by atoms with E-state index in [9.17, 15) is 18.4 Å². The lowest BCUT2D eigenvalue weighted by Crippen LogP contribution is -2.59. The Hall–Kier alpha value is -2.22. The van der Waals surface area contributed by atoms with Gasteiger partial charge in [-0.05, 0) is 75.3 Å². The lowest BCUT2D eigenvalue weighted by atomic mass is 9.49. The Labute approximate surface area is 193 Å². The topological polar surface area (TPSA) is 61.9 Å². The number of hydrogen-bond donors (Lipinski definition) is 1. The summed E-state index contributed by atoms with van der Waals surface area (Å²) in [6, 6.07) is 5.75. The van der Waals surface area contributed by atoms with Gasteiger partial charge in [-0.3, -0.25) is 14.5 Å². The molecule has 5 aliphatic rings. The van der Waals surface area contributed by atoms with Crippen LogP contribution in [0.5, 0.6) is 5.75 Å². The predicted molar refractivity (Wildman–Crippen MR) is 120 cm³/mol. The van der Waals surface area contributed by atoms with E-state index >= 15 is 0 Å². The van der Waals surface area contributed by atoms with Crippen molar-refractivity contribution in [1.29, 1.82) is 0 Å². The van der Waals surface area contributed by atoms with Crippen LogP contribution >= 0.6 is 0 Å². The van der Waals surface area contributed by atoms with Crippen molar-refractivity contribution in [1.82, 2.24) is 9.80 Å². The second-order valence-corrected chi connectivity index (χ2v) is 10.6. The fourth-order valence-electron chi connectivity index (χ4n) is 7.19. The second kappa shape index (κ2) is 8.85. The fraction of sp³-hybridized carbons (Fsp3) is 0.680. The molecule has 0 spiro atoms. The molecule has 6 nitrogen and oxygen atoms in total. The minimum Gasteiger partial charge on any atom is -0.433 e. The molecule has 5 fully saturated rings. The zero-order chi connectivity index (χ0) is 23.2. The van der Waals surface area contributed by atoms with Crippen LogP contribution in [0.3, 0.4) is 0 Å². The van der Waals surface area contributed by atoms with Gasteiger partial charge in [-0.1, -0.05) is 12.1 Å². The number of benzene rings is 1. The van der Waals surface area contributed by atoms with E-state index < -0.39 is 12.7 Å². The first-order chi connectivity index (χ1) is 15.8. The van der Waals surface area contributed by atoms with Gasteiger partial charge in [0.1, 0.15) is 5.75 Å². The number of alkyl halides is 2. The van der Waals surface area contributed by atoms with Crippen molar-refractivity contribution in [3.8, 4) is 5.75 Å². The first-order valence-corrected chi connectivity index (χ1v) is 12.2. The molecule has 1 aliphatic heterocycles. The normalized spacial score (nSPS) is 32.1. The molecular formula is C25H33F2N3O3. The van der Waals surface area contributed by atoms with E-state index in [4.69, 9.17) is 0 Å². The number of carbonyl (C=O) groups excluding carboxylic acids is 2. The monoisotopic (exact) mass is 461 g/mol. The molecule has 4 aliphatic carbocycles. The third-order valence-electron chi connectivity index (χ3n) is 8.38. The third-order valence-corrected chi connectivity index (χ3v) is 8.38. The summed E-state index contributed by atoms with van der Waals surface area (Å²) in [4.78, 5) is 30.5. The SMILES string of the molecule is CC(C(=O)Nc1ccccc1OC(F)F)N1CCN(C(=O)C23CC4CC(CC(C4)C2)C3)CC1. The molecule has 0 aromatic heterocycles. The zero-order valence-corrected chi connectivity index (χ0v) is 19.1. The highest BCUT2D eigenvalue weighted by molar-refractivity contribution is 5.95. The average Bonchev–Trinajstić information content (AvgIpc) is 2.78. The first-order valence-electron chi connectivity index (χ1n) is 12.2. The van der Waals surface area contributed by atoms with Gasteiger partial charge in [0.15, 0.2) is 0 Å². The maximum atomic E-state index is 13.6. The van der Waals surface area contributed by atoms with Crippen molar-refractivity contribution in [2.45, 2.75) is 58.1 Å². The van der Waals surface area contributed by atoms with Crippen molar-refractivity contribution >= 4 is 17.5 Å². The van der Waals surface area contributed by atoms with Gasteiger partial charge in [-0.15, -0.1) is 0 Å². The number of hydrogen-bond acceptors (Lipinski definition) is 4. The summed E-state index contributed by atoms with van der Waals surface area (Å²) in [5.74, 6) is 2.23. The van der Waals surface area contributed by atoms with Crippen LogP contribution in [0.2, 0.25) is 0 Å². The maximum Gasteiger partial charge on any atom is 0.387 e. The molecule has 1 saturated heterocycles. The number of halogens is 2. The number of nitrogens with zero attached hydrogens (tertiary/aromatic N) is 2. The Morgan fingerprint density at radius 1 is 1.00 bits per heavy atom. The van der Waals surface area contributed by atoms with Crippen LogP contribution in [0.15, 0.2) is 24.3 Å². The summed E-state index contributed by atoms with van der Waals surface area (Å²) in [5, 5.41) is 2.72. The summed E-state index contributed by atoms with van der Waals surface area (Å²) < 4.78 is 29.8. The molecule has 180 valence electrons. The standard InChI is InChI=1S/C25H33F2N3O3/c1-16(22(31)28-20-4-2-3-5-21(20)33-24(26)27)29-6-8-30(9-7-29)23(32)25-13-17-10-18(14-25)12-19(11-17)15-25/h2-5,16-19,24H,6-15H2,1H3,(H,28,31). The summed E-state index contributed by atoms with van der Waals surface area (Å²) in [7, 11) is 0. The van der Waals surface area contributed by atoms with Gasteiger partial charge in [-0.2, -0.15) is 8.78 Å². The number of rotatable bonds is 6. The smallest absolute Gasteiger partial charge is 0.387 e. The van der Waals surface area contributed by atoms with Crippen LogP contribution in [0.25, 0.3) is 0 Å². The molecular weight excluding hydrogens is 428 g/mol. The number of para-hydroxylation sites is 2. The highest BCUT2D eigenvalue weighted by Crippen LogP contribution is 2.60. The van der Waals surface area contributed by atoms with Gasteiger partial charge in [0.2, 0.25) is 11.8 Å². The summed E-state index contributed by atoms with van der Waals surface area (Å²) >= 11 is 0. The lowest BCUT2D eigenvalue weighted by molar-refractivity contribution is -0.159. The molecule has 6 rings (SSSR count). The van der Waals surface area contributed by atoms with E-state index in [1.807, 2.05) is 11.8 Å². The number of nitrogens with one attached hydrogen (secondary N) is 1. The Kier molecular flexibility index (Phi) is 6.05. The predicted octanol–water partition coefficient (Wildman–Crippen LogP) is 3.98. The number of piperazine rings is 1. The van der Waals surface area contributed by atoms with E-state index in [0.717, 1.165) is 37.0 Å². The highest BCUT2D eigenvalue weighted by Gasteiger charge is 2.55. The van der Waals surface area contributed by atoms with Crippen LogP contribution < -0.4 is 10.1 Å². The quantitative estimate of drug-likeness (QED) is 0.696. The van der Waals surface area contributed by atoms with E-state index in [1.165, 1.54) is 25.3 Å². The van der Waals surface area contributed by atoms with Crippen molar-refractivity contribution < 1.29 is 23.1 Å². The van der Waals surface area contributed by atoms with Gasteiger partial charge in [0.05, 0.1) is 17.1 Å². The lowest BCUT2D eigenvalue weighted by Gasteiger charge is -2.57. The van der Waals surface area contributed by atoms with Crippen molar-refractivity contribution in [3.63, 3.8) is 0 Å².